The Morgan fingerprint density at radius 3 is 2.67 bits per heavy atom. The van der Waals surface area contributed by atoms with Crippen molar-refractivity contribution in [2.75, 3.05) is 27.3 Å². The van der Waals surface area contributed by atoms with Gasteiger partial charge in [-0.25, -0.2) is 0 Å². The molecule has 0 aliphatic heterocycles. The van der Waals surface area contributed by atoms with Crippen molar-refractivity contribution in [3.05, 3.63) is 29.8 Å². The Labute approximate surface area is 125 Å². The normalized spacial score (nSPS) is 10.0. The fraction of sp³-hybridized carbons (Fsp3) is 0.500. The summed E-state index contributed by atoms with van der Waals surface area (Å²) in [5, 5.41) is 0. The molecule has 1 aromatic carbocycles. The molecule has 0 radical (unpaired) electrons. The molecule has 0 aromatic heterocycles. The first-order valence-corrected chi connectivity index (χ1v) is 7.13. The van der Waals surface area contributed by atoms with Crippen LogP contribution in [0.4, 0.5) is 0 Å². The van der Waals surface area contributed by atoms with Gasteiger partial charge in [0.2, 0.25) is 0 Å². The van der Waals surface area contributed by atoms with E-state index in [1.165, 1.54) is 4.90 Å². The Bertz CT molecular complexity index is 473. The number of methoxy groups -OCH3 is 1. The highest BCUT2D eigenvalue weighted by atomic mass is 16.5. The van der Waals surface area contributed by atoms with Crippen LogP contribution < -0.4 is 4.74 Å². The summed E-state index contributed by atoms with van der Waals surface area (Å²) in [4.78, 5) is 25.2. The summed E-state index contributed by atoms with van der Waals surface area (Å²) in [7, 11) is 3.12. The molecule has 21 heavy (non-hydrogen) atoms. The van der Waals surface area contributed by atoms with Crippen LogP contribution in [0.25, 0.3) is 0 Å². The van der Waals surface area contributed by atoms with Crippen molar-refractivity contribution in [3.63, 3.8) is 0 Å². The maximum atomic E-state index is 12.2. The molecule has 0 saturated carbocycles. The maximum absolute atomic E-state index is 12.2. The van der Waals surface area contributed by atoms with Gasteiger partial charge in [-0.05, 0) is 24.6 Å². The lowest BCUT2D eigenvalue weighted by Crippen LogP contribution is -2.33. The second kappa shape index (κ2) is 9.00. The lowest BCUT2D eigenvalue weighted by molar-refractivity contribution is -0.144. The molecule has 0 unspecified atom stereocenters. The monoisotopic (exact) mass is 293 g/mol. The quantitative estimate of drug-likeness (QED) is 0.546. The van der Waals surface area contributed by atoms with Crippen LogP contribution in [0.3, 0.4) is 0 Å². The minimum atomic E-state index is -0.384. The molecule has 0 aliphatic rings. The summed E-state index contributed by atoms with van der Waals surface area (Å²) in [6, 6.07) is 6.83. The highest BCUT2D eigenvalue weighted by Gasteiger charge is 2.16. The van der Waals surface area contributed by atoms with Gasteiger partial charge < -0.3 is 14.4 Å². The molecular formula is C16H23NO4. The van der Waals surface area contributed by atoms with Crippen LogP contribution in [0, 0.1) is 0 Å². The lowest BCUT2D eigenvalue weighted by Gasteiger charge is -2.16. The van der Waals surface area contributed by atoms with Gasteiger partial charge in [0, 0.05) is 12.6 Å². The van der Waals surface area contributed by atoms with Gasteiger partial charge in [0.25, 0.3) is 5.91 Å². The Hall–Kier alpha value is -2.04. The SMILES string of the molecule is CCCCCOC(=O)CN(C)C(=O)c1cccc(OC)c1. The minimum absolute atomic E-state index is 0.0534. The van der Waals surface area contributed by atoms with Crippen molar-refractivity contribution >= 4 is 11.9 Å². The number of hydrogen-bond acceptors (Lipinski definition) is 4. The summed E-state index contributed by atoms with van der Waals surface area (Å²) in [5.41, 5.74) is 0.482. The van der Waals surface area contributed by atoms with Crippen molar-refractivity contribution in [1.29, 1.82) is 0 Å². The van der Waals surface area contributed by atoms with Crippen LogP contribution in [-0.2, 0) is 9.53 Å². The molecule has 0 aliphatic carbocycles. The number of rotatable bonds is 8. The standard InChI is InChI=1S/C16H23NO4/c1-4-5-6-10-21-15(18)12-17(2)16(19)13-8-7-9-14(11-13)20-3/h7-9,11H,4-6,10,12H2,1-3H3. The van der Waals surface area contributed by atoms with Gasteiger partial charge in [-0.15, -0.1) is 0 Å². The topological polar surface area (TPSA) is 55.8 Å². The van der Waals surface area contributed by atoms with E-state index in [2.05, 4.69) is 6.92 Å². The van der Waals surface area contributed by atoms with Gasteiger partial charge in [0.05, 0.1) is 13.7 Å². The Morgan fingerprint density at radius 1 is 1.24 bits per heavy atom. The van der Waals surface area contributed by atoms with Crippen molar-refractivity contribution in [2.45, 2.75) is 26.2 Å². The molecule has 1 aromatic rings. The van der Waals surface area contributed by atoms with Gasteiger partial charge in [0.15, 0.2) is 0 Å². The van der Waals surface area contributed by atoms with E-state index in [9.17, 15) is 9.59 Å². The largest absolute Gasteiger partial charge is 0.497 e. The molecule has 1 amide bonds. The maximum Gasteiger partial charge on any atom is 0.325 e. The number of likely N-dealkylation sites (N-methyl/N-ethyl adjacent to an activating group) is 1. The zero-order chi connectivity index (χ0) is 15.7. The van der Waals surface area contributed by atoms with Crippen molar-refractivity contribution < 1.29 is 19.1 Å². The van der Waals surface area contributed by atoms with Gasteiger partial charge in [0.1, 0.15) is 12.3 Å². The molecular weight excluding hydrogens is 270 g/mol. The molecule has 0 bridgehead atoms. The Kier molecular flexibility index (Phi) is 7.29. The second-order valence-electron chi connectivity index (χ2n) is 4.82. The summed E-state index contributed by atoms with van der Waals surface area (Å²) in [5.74, 6) is -0.0133. The van der Waals surface area contributed by atoms with E-state index in [-0.39, 0.29) is 18.4 Å². The number of esters is 1. The first-order valence-electron chi connectivity index (χ1n) is 7.13. The van der Waals surface area contributed by atoms with Crippen molar-refractivity contribution in [1.82, 2.24) is 4.90 Å². The van der Waals surface area contributed by atoms with E-state index in [1.807, 2.05) is 0 Å². The first-order chi connectivity index (χ1) is 10.1. The molecule has 0 saturated heterocycles. The fourth-order valence-electron chi connectivity index (χ4n) is 1.83. The summed E-state index contributed by atoms with van der Waals surface area (Å²) in [6.07, 6.45) is 2.97. The van der Waals surface area contributed by atoms with Crippen LogP contribution >= 0.6 is 0 Å². The summed E-state index contributed by atoms with van der Waals surface area (Å²) >= 11 is 0. The average molecular weight is 293 g/mol. The number of unbranched alkanes of at least 4 members (excludes halogenated alkanes) is 2. The highest BCUT2D eigenvalue weighted by molar-refractivity contribution is 5.96. The van der Waals surface area contributed by atoms with Crippen molar-refractivity contribution in [2.24, 2.45) is 0 Å². The summed E-state index contributed by atoms with van der Waals surface area (Å²) in [6.45, 7) is 2.44. The van der Waals surface area contributed by atoms with Crippen LogP contribution in [0.2, 0.25) is 0 Å². The van der Waals surface area contributed by atoms with Crippen LogP contribution in [0.5, 0.6) is 5.75 Å². The van der Waals surface area contributed by atoms with E-state index in [0.717, 1.165) is 19.3 Å². The summed E-state index contributed by atoms with van der Waals surface area (Å²) < 4.78 is 10.2. The van der Waals surface area contributed by atoms with E-state index in [0.29, 0.717) is 17.9 Å². The van der Waals surface area contributed by atoms with Gasteiger partial charge in [-0.3, -0.25) is 9.59 Å². The fourth-order valence-corrected chi connectivity index (χ4v) is 1.83. The lowest BCUT2D eigenvalue weighted by atomic mass is 10.2. The number of hydrogen-bond donors (Lipinski definition) is 0. The van der Waals surface area contributed by atoms with Crippen LogP contribution in [0.1, 0.15) is 36.5 Å². The third-order valence-electron chi connectivity index (χ3n) is 3.04. The Balaban J connectivity index is 2.48. The number of benzene rings is 1. The van der Waals surface area contributed by atoms with E-state index in [4.69, 9.17) is 9.47 Å². The highest BCUT2D eigenvalue weighted by Crippen LogP contribution is 2.13. The molecule has 5 heteroatoms. The predicted octanol–water partition coefficient (Wildman–Crippen LogP) is 2.50. The van der Waals surface area contributed by atoms with Crippen LogP contribution in [-0.4, -0.2) is 44.1 Å². The average Bonchev–Trinajstić information content (AvgIpc) is 2.50. The molecule has 0 atom stereocenters. The van der Waals surface area contributed by atoms with E-state index in [1.54, 1.807) is 38.4 Å². The molecule has 5 nitrogen and oxygen atoms in total. The molecule has 0 N–H and O–H groups in total. The Morgan fingerprint density at radius 2 is 2.00 bits per heavy atom. The third-order valence-corrected chi connectivity index (χ3v) is 3.04. The number of nitrogens with zero attached hydrogens (tertiary/aromatic N) is 1. The molecule has 116 valence electrons. The number of amides is 1. The molecule has 0 spiro atoms. The molecule has 0 fully saturated rings. The predicted molar refractivity (Wildman–Crippen MR) is 80.4 cm³/mol. The number of carbonyl (C=O) groups is 2. The zero-order valence-corrected chi connectivity index (χ0v) is 12.9. The van der Waals surface area contributed by atoms with E-state index < -0.39 is 0 Å². The van der Waals surface area contributed by atoms with E-state index >= 15 is 0 Å². The zero-order valence-electron chi connectivity index (χ0n) is 12.9. The van der Waals surface area contributed by atoms with Crippen LogP contribution in [0.15, 0.2) is 24.3 Å². The second-order valence-corrected chi connectivity index (χ2v) is 4.82. The molecule has 0 heterocycles. The molecule has 1 rings (SSSR count). The van der Waals surface area contributed by atoms with Gasteiger partial charge >= 0.3 is 5.97 Å². The minimum Gasteiger partial charge on any atom is -0.497 e. The van der Waals surface area contributed by atoms with Gasteiger partial charge in [-0.1, -0.05) is 25.8 Å². The first kappa shape index (κ1) is 17.0. The third kappa shape index (κ3) is 5.85. The smallest absolute Gasteiger partial charge is 0.325 e. The van der Waals surface area contributed by atoms with Crippen molar-refractivity contribution in [3.8, 4) is 5.75 Å². The number of ether oxygens (including phenoxy) is 2. The van der Waals surface area contributed by atoms with Gasteiger partial charge in [-0.2, -0.15) is 0 Å². The number of carbonyl (C=O) groups excluding carboxylic acids is 2.